The van der Waals surface area contributed by atoms with E-state index in [1.165, 1.54) is 0 Å². The number of aromatic nitrogens is 2. The van der Waals surface area contributed by atoms with Gasteiger partial charge in [-0.05, 0) is 35.7 Å². The van der Waals surface area contributed by atoms with Gasteiger partial charge in [0.2, 0.25) is 0 Å². The first kappa shape index (κ1) is 19.8. The van der Waals surface area contributed by atoms with Crippen LogP contribution < -0.4 is 0 Å². The van der Waals surface area contributed by atoms with Crippen LogP contribution in [-0.2, 0) is 0 Å². The zero-order valence-corrected chi connectivity index (χ0v) is 18.6. The predicted molar refractivity (Wildman–Crippen MR) is 132 cm³/mol. The molecule has 0 atom stereocenters. The van der Waals surface area contributed by atoms with Gasteiger partial charge in [-0.2, -0.15) is 10.2 Å². The minimum absolute atomic E-state index is 0.466. The number of hydrogen-bond acceptors (Lipinski definition) is 5. The summed E-state index contributed by atoms with van der Waals surface area (Å²) in [6.07, 6.45) is 3.75. The molecule has 2 aromatic heterocycles. The Balaban J connectivity index is 1.54. The van der Waals surface area contributed by atoms with Crippen LogP contribution in [0.3, 0.4) is 0 Å². The van der Waals surface area contributed by atoms with Crippen molar-refractivity contribution in [3.05, 3.63) is 93.8 Å². The predicted octanol–water partition coefficient (Wildman–Crippen LogP) is 5.68. The van der Waals surface area contributed by atoms with Crippen molar-refractivity contribution < 1.29 is 0 Å². The summed E-state index contributed by atoms with van der Waals surface area (Å²) in [7, 11) is 0. The van der Waals surface area contributed by atoms with E-state index >= 15 is 0 Å². The fourth-order valence-corrected chi connectivity index (χ4v) is 4.29. The summed E-state index contributed by atoms with van der Waals surface area (Å²) in [5, 5.41) is 13.9. The second-order valence-corrected chi connectivity index (χ2v) is 8.64. The van der Waals surface area contributed by atoms with Crippen molar-refractivity contribution in [2.45, 2.75) is 0 Å². The lowest BCUT2D eigenvalue weighted by molar-refractivity contribution is 0.693. The molecular formula is C23H16ClN5S2. The molecule has 5 nitrogen and oxygen atoms in total. The van der Waals surface area contributed by atoms with Gasteiger partial charge in [-0.25, -0.2) is 9.69 Å². The third kappa shape index (κ3) is 4.07. The summed E-state index contributed by atoms with van der Waals surface area (Å²) < 4.78 is 1.85. The van der Waals surface area contributed by atoms with E-state index < -0.39 is 0 Å². The molecule has 3 heterocycles. The third-order valence-corrected chi connectivity index (χ3v) is 6.16. The number of thiocarbonyl (C=S) groups is 1. The van der Waals surface area contributed by atoms with Gasteiger partial charge in [-0.1, -0.05) is 60.2 Å². The third-order valence-electron chi connectivity index (χ3n) is 4.74. The summed E-state index contributed by atoms with van der Waals surface area (Å²) >= 11 is 13.2. The van der Waals surface area contributed by atoms with E-state index in [0.29, 0.717) is 16.6 Å². The topological polar surface area (TPSA) is 45.8 Å². The molecule has 31 heavy (non-hydrogen) atoms. The molecular weight excluding hydrogens is 446 g/mol. The molecule has 1 aliphatic heterocycles. The summed E-state index contributed by atoms with van der Waals surface area (Å²) in [6, 6.07) is 21.6. The summed E-state index contributed by atoms with van der Waals surface area (Å²) in [5.74, 6) is 0.778. The first-order chi connectivity index (χ1) is 15.2. The van der Waals surface area contributed by atoms with Crippen molar-refractivity contribution in [1.29, 1.82) is 0 Å². The number of halogens is 1. The molecule has 0 unspecified atom stereocenters. The van der Waals surface area contributed by atoms with Crippen LogP contribution in [0.1, 0.15) is 10.4 Å². The number of amidine groups is 1. The summed E-state index contributed by atoms with van der Waals surface area (Å²) in [5.41, 5.74) is 3.60. The minimum atomic E-state index is 0.466. The molecule has 0 radical (unpaired) electrons. The van der Waals surface area contributed by atoms with Crippen molar-refractivity contribution in [2.24, 2.45) is 10.1 Å². The van der Waals surface area contributed by atoms with Crippen LogP contribution in [0.25, 0.3) is 16.9 Å². The molecule has 5 rings (SSSR count). The van der Waals surface area contributed by atoms with E-state index in [1.807, 2.05) is 83.0 Å². The molecule has 8 heteroatoms. The quantitative estimate of drug-likeness (QED) is 0.284. The van der Waals surface area contributed by atoms with Gasteiger partial charge >= 0.3 is 0 Å². The maximum absolute atomic E-state index is 6.08. The number of benzene rings is 2. The number of aliphatic imine (C=N–C) groups is 1. The van der Waals surface area contributed by atoms with Crippen molar-refractivity contribution in [2.75, 3.05) is 6.54 Å². The van der Waals surface area contributed by atoms with Gasteiger partial charge in [-0.15, -0.1) is 11.3 Å². The van der Waals surface area contributed by atoms with Gasteiger partial charge in [0, 0.05) is 22.3 Å². The number of thiophene rings is 1. The molecule has 0 N–H and O–H groups in total. The van der Waals surface area contributed by atoms with Crippen LogP contribution in [0.4, 0.5) is 0 Å². The highest BCUT2D eigenvalue weighted by atomic mass is 35.5. The fourth-order valence-electron chi connectivity index (χ4n) is 3.25. The van der Waals surface area contributed by atoms with Crippen molar-refractivity contribution in [3.8, 4) is 16.9 Å². The van der Waals surface area contributed by atoms with Gasteiger partial charge < -0.3 is 0 Å². The van der Waals surface area contributed by atoms with Crippen LogP contribution in [0.2, 0.25) is 5.02 Å². The van der Waals surface area contributed by atoms with E-state index in [1.54, 1.807) is 22.6 Å². The second-order valence-electron chi connectivity index (χ2n) is 6.79. The van der Waals surface area contributed by atoms with Crippen LogP contribution >= 0.6 is 35.2 Å². The zero-order valence-electron chi connectivity index (χ0n) is 16.2. The average molecular weight is 462 g/mol. The fraction of sp³-hybridized carbons (Fsp3) is 0.0435. The van der Waals surface area contributed by atoms with Crippen LogP contribution in [0.5, 0.6) is 0 Å². The second kappa shape index (κ2) is 8.55. The van der Waals surface area contributed by atoms with E-state index in [4.69, 9.17) is 28.9 Å². The van der Waals surface area contributed by atoms with E-state index in [2.05, 4.69) is 10.1 Å². The number of para-hydroxylation sites is 1. The first-order valence-corrected chi connectivity index (χ1v) is 11.2. The van der Waals surface area contributed by atoms with E-state index in [9.17, 15) is 0 Å². The van der Waals surface area contributed by atoms with Gasteiger partial charge in [-0.3, -0.25) is 4.99 Å². The molecule has 0 fully saturated rings. The zero-order chi connectivity index (χ0) is 21.2. The summed E-state index contributed by atoms with van der Waals surface area (Å²) in [6.45, 7) is 0.466. The molecule has 4 aromatic rings. The van der Waals surface area contributed by atoms with Crippen molar-refractivity contribution in [3.63, 3.8) is 0 Å². The molecule has 0 saturated carbocycles. The van der Waals surface area contributed by atoms with Crippen LogP contribution in [0, 0.1) is 0 Å². The number of hydrogen-bond donors (Lipinski definition) is 0. The van der Waals surface area contributed by atoms with Crippen molar-refractivity contribution >= 4 is 52.2 Å². The van der Waals surface area contributed by atoms with Crippen LogP contribution in [-0.4, -0.2) is 38.4 Å². The van der Waals surface area contributed by atoms with Gasteiger partial charge in [0.1, 0.15) is 10.7 Å². The summed E-state index contributed by atoms with van der Waals surface area (Å²) in [4.78, 5) is 6.27. The Morgan fingerprint density at radius 3 is 2.58 bits per heavy atom. The molecule has 0 amide bonds. The Morgan fingerprint density at radius 2 is 1.84 bits per heavy atom. The standard InChI is InChI=1S/C23H16ClN5S2/c24-18-10-8-16(9-11-18)22-17(15-28(27-22)19-5-2-1-3-6-19)13-26-29-21(30)14-25-23(29)20-7-4-12-31-20/h1-13,15H,14H2/b26-13+. The highest BCUT2D eigenvalue weighted by Crippen LogP contribution is 2.25. The highest BCUT2D eigenvalue weighted by Gasteiger charge is 2.24. The number of nitrogens with zero attached hydrogens (tertiary/aromatic N) is 5. The Bertz CT molecular complexity index is 1280. The SMILES string of the molecule is S=C1CN=C(c2cccs2)N1/N=C/c1cn(-c2ccccc2)nc1-c1ccc(Cl)cc1. The van der Waals surface area contributed by atoms with Gasteiger partial charge in [0.25, 0.3) is 0 Å². The lowest BCUT2D eigenvalue weighted by Gasteiger charge is -2.12. The Morgan fingerprint density at radius 1 is 1.03 bits per heavy atom. The van der Waals surface area contributed by atoms with Gasteiger partial charge in [0.15, 0.2) is 5.84 Å². The molecule has 0 saturated heterocycles. The largest absolute Gasteiger partial charge is 0.258 e. The lowest BCUT2D eigenvalue weighted by Crippen LogP contribution is -2.26. The van der Waals surface area contributed by atoms with E-state index in [0.717, 1.165) is 33.2 Å². The average Bonchev–Trinajstić information content (AvgIpc) is 3.54. The Labute approximate surface area is 193 Å². The Hall–Kier alpha value is -3.13. The number of rotatable bonds is 5. The van der Waals surface area contributed by atoms with E-state index in [-0.39, 0.29) is 0 Å². The van der Waals surface area contributed by atoms with Gasteiger partial charge in [0.05, 0.1) is 23.3 Å². The molecule has 152 valence electrons. The molecule has 0 spiro atoms. The smallest absolute Gasteiger partial charge is 0.167 e. The molecule has 0 aliphatic carbocycles. The molecule has 0 bridgehead atoms. The minimum Gasteiger partial charge on any atom is -0.258 e. The molecule has 2 aromatic carbocycles. The highest BCUT2D eigenvalue weighted by molar-refractivity contribution is 7.80. The normalized spacial score (nSPS) is 13.9. The van der Waals surface area contributed by atoms with Crippen molar-refractivity contribution in [1.82, 2.24) is 14.8 Å². The lowest BCUT2D eigenvalue weighted by atomic mass is 10.1. The Kier molecular flexibility index (Phi) is 5.46. The number of hydrazone groups is 1. The first-order valence-electron chi connectivity index (χ1n) is 9.55. The maximum Gasteiger partial charge on any atom is 0.167 e. The maximum atomic E-state index is 6.08. The molecule has 1 aliphatic rings. The monoisotopic (exact) mass is 461 g/mol. The van der Waals surface area contributed by atoms with Crippen LogP contribution in [0.15, 0.2) is 88.4 Å².